The van der Waals surface area contributed by atoms with Gasteiger partial charge in [0.25, 0.3) is 0 Å². The maximum Gasteiger partial charge on any atom is 0.131 e. The van der Waals surface area contributed by atoms with Gasteiger partial charge in [0, 0.05) is 6.54 Å². The van der Waals surface area contributed by atoms with Gasteiger partial charge in [0.15, 0.2) is 0 Å². The van der Waals surface area contributed by atoms with E-state index in [1.54, 1.807) is 0 Å². The number of nitrogens with zero attached hydrogens (tertiary/aromatic N) is 1. The van der Waals surface area contributed by atoms with E-state index >= 15 is 0 Å². The molecule has 3 nitrogen and oxygen atoms in total. The van der Waals surface area contributed by atoms with Crippen LogP contribution in [-0.4, -0.2) is 4.98 Å². The Hall–Kier alpha value is -2.03. The van der Waals surface area contributed by atoms with Gasteiger partial charge in [-0.1, -0.05) is 0 Å². The monoisotopic (exact) mass is 311 g/mol. The van der Waals surface area contributed by atoms with E-state index in [1.165, 1.54) is 44.5 Å². The van der Waals surface area contributed by atoms with Crippen LogP contribution >= 0.6 is 0 Å². The van der Waals surface area contributed by atoms with Crippen molar-refractivity contribution in [2.45, 2.75) is 61.9 Å². The van der Waals surface area contributed by atoms with Gasteiger partial charge >= 0.3 is 0 Å². The summed E-state index contributed by atoms with van der Waals surface area (Å²) in [7, 11) is 0. The minimum atomic E-state index is 0.611. The molecule has 0 spiro atoms. The molecule has 0 bridgehead atoms. The summed E-state index contributed by atoms with van der Waals surface area (Å²) in [5, 5.41) is 3.50. The lowest BCUT2D eigenvalue weighted by Crippen LogP contribution is -2.11. The van der Waals surface area contributed by atoms with Gasteiger partial charge in [-0.05, 0) is 105 Å². The molecule has 3 heteroatoms. The summed E-state index contributed by atoms with van der Waals surface area (Å²) in [4.78, 5) is 4.54. The van der Waals surface area contributed by atoms with Gasteiger partial charge in [0.1, 0.15) is 11.6 Å². The molecule has 0 saturated carbocycles. The van der Waals surface area contributed by atoms with Crippen molar-refractivity contribution in [3.05, 3.63) is 50.1 Å². The highest BCUT2D eigenvalue weighted by atomic mass is 15.0. The molecule has 0 radical (unpaired) electrons. The summed E-state index contributed by atoms with van der Waals surface area (Å²) in [6, 6.07) is 0. The second kappa shape index (κ2) is 6.23. The van der Waals surface area contributed by atoms with E-state index in [2.05, 4.69) is 58.8 Å². The lowest BCUT2D eigenvalue weighted by molar-refractivity contribution is 1.02. The van der Waals surface area contributed by atoms with Crippen molar-refractivity contribution in [1.29, 1.82) is 0 Å². The van der Waals surface area contributed by atoms with Crippen molar-refractivity contribution >= 4 is 11.6 Å². The highest BCUT2D eigenvalue weighted by molar-refractivity contribution is 5.59. The topological polar surface area (TPSA) is 50.9 Å². The van der Waals surface area contributed by atoms with E-state index in [9.17, 15) is 0 Å². The van der Waals surface area contributed by atoms with Gasteiger partial charge in [0.05, 0.1) is 0 Å². The second-order valence-corrected chi connectivity index (χ2v) is 6.68. The number of anilines is 2. The summed E-state index contributed by atoms with van der Waals surface area (Å²) in [5.41, 5.74) is 17.8. The van der Waals surface area contributed by atoms with E-state index in [0.717, 1.165) is 17.9 Å². The summed E-state index contributed by atoms with van der Waals surface area (Å²) < 4.78 is 0. The molecule has 1 aromatic heterocycles. The highest BCUT2D eigenvalue weighted by Gasteiger charge is 2.14. The minimum Gasteiger partial charge on any atom is -0.383 e. The standard InChI is InChI=1S/C20H29N3/c1-10-11(2)14(5)18(15(6)12(10)3)9-22-20-17(8)13(4)16(7)19(21)23-20/h9H2,1-8H3,(H3,21,22,23). The smallest absolute Gasteiger partial charge is 0.131 e. The molecule has 3 N–H and O–H groups in total. The number of rotatable bonds is 3. The molecule has 23 heavy (non-hydrogen) atoms. The molecule has 0 atom stereocenters. The molecule has 1 heterocycles. The van der Waals surface area contributed by atoms with Crippen LogP contribution in [0.2, 0.25) is 0 Å². The number of pyridine rings is 1. The number of benzene rings is 1. The number of aromatic nitrogens is 1. The zero-order valence-electron chi connectivity index (χ0n) is 15.7. The van der Waals surface area contributed by atoms with Crippen LogP contribution in [0.5, 0.6) is 0 Å². The second-order valence-electron chi connectivity index (χ2n) is 6.68. The zero-order chi connectivity index (χ0) is 17.5. The third-order valence-corrected chi connectivity index (χ3v) is 5.68. The van der Waals surface area contributed by atoms with Gasteiger partial charge in [-0.25, -0.2) is 4.98 Å². The lowest BCUT2D eigenvalue weighted by Gasteiger charge is -2.20. The van der Waals surface area contributed by atoms with Crippen LogP contribution < -0.4 is 11.1 Å². The predicted molar refractivity (Wildman–Crippen MR) is 100 cm³/mol. The lowest BCUT2D eigenvalue weighted by atomic mass is 9.89. The van der Waals surface area contributed by atoms with E-state index in [0.29, 0.717) is 5.82 Å². The summed E-state index contributed by atoms with van der Waals surface area (Å²) >= 11 is 0. The third-order valence-electron chi connectivity index (χ3n) is 5.68. The Labute approximate surface area is 140 Å². The van der Waals surface area contributed by atoms with E-state index in [1.807, 2.05) is 6.92 Å². The quantitative estimate of drug-likeness (QED) is 0.860. The number of nitrogen functional groups attached to an aromatic ring is 1. The first-order chi connectivity index (χ1) is 10.7. The summed E-state index contributed by atoms with van der Waals surface area (Å²) in [6.07, 6.45) is 0. The van der Waals surface area contributed by atoms with Crippen LogP contribution in [0.15, 0.2) is 0 Å². The van der Waals surface area contributed by atoms with Crippen LogP contribution in [0.25, 0.3) is 0 Å². The minimum absolute atomic E-state index is 0.611. The van der Waals surface area contributed by atoms with E-state index in [-0.39, 0.29) is 0 Å². The first kappa shape index (κ1) is 17.3. The van der Waals surface area contributed by atoms with Gasteiger partial charge < -0.3 is 11.1 Å². The SMILES string of the molecule is Cc1c(N)nc(NCc2c(C)c(C)c(C)c(C)c2C)c(C)c1C. The molecule has 0 aliphatic rings. The molecular weight excluding hydrogens is 282 g/mol. The molecule has 0 unspecified atom stereocenters. The number of nitrogens with one attached hydrogen (secondary N) is 1. The average molecular weight is 311 g/mol. The number of hydrogen-bond acceptors (Lipinski definition) is 3. The van der Waals surface area contributed by atoms with Gasteiger partial charge in [-0.2, -0.15) is 0 Å². The maximum atomic E-state index is 6.04. The van der Waals surface area contributed by atoms with Crippen molar-refractivity contribution in [3.8, 4) is 0 Å². The van der Waals surface area contributed by atoms with Gasteiger partial charge in [-0.15, -0.1) is 0 Å². The molecule has 124 valence electrons. The number of hydrogen-bond donors (Lipinski definition) is 2. The Balaban J connectivity index is 2.40. The summed E-state index contributed by atoms with van der Waals surface area (Å²) in [6.45, 7) is 18.0. The third kappa shape index (κ3) is 2.92. The predicted octanol–water partition coefficient (Wildman–Crippen LogP) is 4.74. The van der Waals surface area contributed by atoms with Crippen molar-refractivity contribution < 1.29 is 0 Å². The van der Waals surface area contributed by atoms with Gasteiger partial charge in [0.2, 0.25) is 0 Å². The molecule has 0 saturated heterocycles. The zero-order valence-corrected chi connectivity index (χ0v) is 15.7. The Morgan fingerprint density at radius 1 is 0.652 bits per heavy atom. The Morgan fingerprint density at radius 3 is 1.61 bits per heavy atom. The maximum absolute atomic E-state index is 6.04. The fraction of sp³-hybridized carbons (Fsp3) is 0.450. The molecule has 0 amide bonds. The Morgan fingerprint density at radius 2 is 1.09 bits per heavy atom. The largest absolute Gasteiger partial charge is 0.383 e. The Kier molecular flexibility index (Phi) is 4.69. The molecule has 0 aliphatic heterocycles. The van der Waals surface area contributed by atoms with E-state index < -0.39 is 0 Å². The van der Waals surface area contributed by atoms with E-state index in [4.69, 9.17) is 5.73 Å². The van der Waals surface area contributed by atoms with Crippen LogP contribution in [0.4, 0.5) is 11.6 Å². The van der Waals surface area contributed by atoms with Crippen LogP contribution in [0, 0.1) is 55.4 Å². The fourth-order valence-electron chi connectivity index (χ4n) is 3.13. The molecule has 2 aromatic rings. The van der Waals surface area contributed by atoms with Crippen LogP contribution in [0.1, 0.15) is 50.1 Å². The average Bonchev–Trinajstić information content (AvgIpc) is 2.53. The Bertz CT molecular complexity index is 744. The van der Waals surface area contributed by atoms with Crippen LogP contribution in [-0.2, 0) is 6.54 Å². The summed E-state index contributed by atoms with van der Waals surface area (Å²) in [5.74, 6) is 1.50. The molecule has 0 fully saturated rings. The molecular formula is C20H29N3. The van der Waals surface area contributed by atoms with Crippen molar-refractivity contribution in [2.75, 3.05) is 11.1 Å². The van der Waals surface area contributed by atoms with Crippen molar-refractivity contribution in [1.82, 2.24) is 4.98 Å². The first-order valence-electron chi connectivity index (χ1n) is 8.19. The van der Waals surface area contributed by atoms with Crippen molar-refractivity contribution in [2.24, 2.45) is 0 Å². The molecule has 1 aromatic carbocycles. The first-order valence-corrected chi connectivity index (χ1v) is 8.19. The molecule has 2 rings (SSSR count). The van der Waals surface area contributed by atoms with Gasteiger partial charge in [-0.3, -0.25) is 0 Å². The van der Waals surface area contributed by atoms with Crippen molar-refractivity contribution in [3.63, 3.8) is 0 Å². The normalized spacial score (nSPS) is 11.0. The number of nitrogens with two attached hydrogens (primary N) is 1. The highest BCUT2D eigenvalue weighted by Crippen LogP contribution is 2.28. The fourth-order valence-corrected chi connectivity index (χ4v) is 3.13. The van der Waals surface area contributed by atoms with Crippen LogP contribution in [0.3, 0.4) is 0 Å². The molecule has 0 aliphatic carbocycles.